The Bertz CT molecular complexity index is 429. The van der Waals surface area contributed by atoms with Gasteiger partial charge in [0.2, 0.25) is 5.91 Å². The number of ether oxygens (including phenoxy) is 1. The first-order chi connectivity index (χ1) is 8.34. The average Bonchev–Trinajstić information content (AvgIpc) is 2.33. The Labute approximate surface area is 100 Å². The minimum Gasteiger partial charge on any atom is -0.377 e. The van der Waals surface area contributed by atoms with Crippen molar-refractivity contribution < 1.29 is 9.53 Å². The van der Waals surface area contributed by atoms with E-state index >= 15 is 0 Å². The highest BCUT2D eigenvalue weighted by atomic mass is 16.5. The van der Waals surface area contributed by atoms with E-state index in [2.05, 4.69) is 22.8 Å². The van der Waals surface area contributed by atoms with Gasteiger partial charge >= 0.3 is 0 Å². The zero-order chi connectivity index (χ0) is 11.7. The molecule has 0 spiro atoms. The Hall–Kier alpha value is -1.39. The Morgan fingerprint density at radius 2 is 2.18 bits per heavy atom. The molecule has 1 unspecified atom stereocenters. The molecule has 1 saturated heterocycles. The molecule has 0 aliphatic carbocycles. The van der Waals surface area contributed by atoms with Crippen LogP contribution in [0.1, 0.15) is 17.0 Å². The van der Waals surface area contributed by atoms with E-state index in [0.29, 0.717) is 13.2 Å². The quantitative estimate of drug-likeness (QED) is 0.775. The van der Waals surface area contributed by atoms with E-state index in [1.807, 2.05) is 12.1 Å². The normalized spacial score (nSPS) is 23.6. The summed E-state index contributed by atoms with van der Waals surface area (Å²) in [7, 11) is 0. The van der Waals surface area contributed by atoms with Crippen molar-refractivity contribution >= 4 is 5.91 Å². The van der Waals surface area contributed by atoms with Crippen LogP contribution in [-0.4, -0.2) is 31.7 Å². The predicted molar refractivity (Wildman–Crippen MR) is 63.6 cm³/mol. The zero-order valence-electron chi connectivity index (χ0n) is 9.61. The fourth-order valence-corrected chi connectivity index (χ4v) is 2.35. The van der Waals surface area contributed by atoms with Gasteiger partial charge in [-0.05, 0) is 11.1 Å². The molecule has 1 aromatic carbocycles. The van der Waals surface area contributed by atoms with Crippen LogP contribution in [0.25, 0.3) is 0 Å². The molecule has 0 saturated carbocycles. The number of rotatable bonds is 2. The van der Waals surface area contributed by atoms with Crippen LogP contribution >= 0.6 is 0 Å². The minimum absolute atomic E-state index is 0.0689. The zero-order valence-corrected chi connectivity index (χ0v) is 9.61. The molecule has 0 aromatic heterocycles. The van der Waals surface area contributed by atoms with E-state index in [4.69, 9.17) is 4.74 Å². The second kappa shape index (κ2) is 4.47. The highest BCUT2D eigenvalue weighted by Gasteiger charge is 2.29. The van der Waals surface area contributed by atoms with E-state index in [9.17, 15) is 4.79 Å². The van der Waals surface area contributed by atoms with Crippen molar-refractivity contribution in [2.75, 3.05) is 19.8 Å². The Morgan fingerprint density at radius 1 is 1.35 bits per heavy atom. The molecular formula is C13H16N2O2. The van der Waals surface area contributed by atoms with E-state index in [1.54, 1.807) is 0 Å². The van der Waals surface area contributed by atoms with Crippen molar-refractivity contribution in [2.45, 2.75) is 18.5 Å². The van der Waals surface area contributed by atoms with Gasteiger partial charge in [-0.3, -0.25) is 4.79 Å². The number of amides is 1. The molecule has 1 fully saturated rings. The average molecular weight is 232 g/mol. The van der Waals surface area contributed by atoms with Crippen molar-refractivity contribution in [3.8, 4) is 0 Å². The minimum atomic E-state index is -0.0689. The lowest BCUT2D eigenvalue weighted by Gasteiger charge is -2.31. The van der Waals surface area contributed by atoms with Crippen LogP contribution in [0.15, 0.2) is 24.3 Å². The fraction of sp³-hybridized carbons (Fsp3) is 0.462. The molecule has 2 heterocycles. The standard InChI is InChI=1S/C13H16N2O2/c16-13(15-10-7-17-8-10)12-6-14-5-9-3-1-2-4-11(9)12/h1-4,10,12,14H,5-8H2,(H,15,16). The third-order valence-corrected chi connectivity index (χ3v) is 3.40. The molecule has 1 atom stereocenters. The second-order valence-corrected chi connectivity index (χ2v) is 4.63. The van der Waals surface area contributed by atoms with Crippen LogP contribution in [0.3, 0.4) is 0 Å². The van der Waals surface area contributed by atoms with Crippen molar-refractivity contribution in [1.82, 2.24) is 10.6 Å². The lowest BCUT2D eigenvalue weighted by Crippen LogP contribution is -2.51. The first-order valence-corrected chi connectivity index (χ1v) is 6.01. The number of hydrogen-bond acceptors (Lipinski definition) is 3. The summed E-state index contributed by atoms with van der Waals surface area (Å²) in [5.41, 5.74) is 2.38. The van der Waals surface area contributed by atoms with Gasteiger partial charge in [-0.1, -0.05) is 24.3 Å². The molecule has 3 rings (SSSR count). The molecule has 90 valence electrons. The van der Waals surface area contributed by atoms with Gasteiger partial charge in [-0.2, -0.15) is 0 Å². The smallest absolute Gasteiger partial charge is 0.229 e. The summed E-state index contributed by atoms with van der Waals surface area (Å²) in [4.78, 5) is 12.2. The first-order valence-electron chi connectivity index (χ1n) is 6.01. The van der Waals surface area contributed by atoms with Crippen LogP contribution in [0.4, 0.5) is 0 Å². The summed E-state index contributed by atoms with van der Waals surface area (Å²) < 4.78 is 5.06. The van der Waals surface area contributed by atoms with Crippen LogP contribution in [0, 0.1) is 0 Å². The van der Waals surface area contributed by atoms with Gasteiger partial charge in [0.15, 0.2) is 0 Å². The van der Waals surface area contributed by atoms with Crippen LogP contribution in [0.2, 0.25) is 0 Å². The highest BCUT2D eigenvalue weighted by Crippen LogP contribution is 2.24. The van der Waals surface area contributed by atoms with Crippen LogP contribution in [0.5, 0.6) is 0 Å². The van der Waals surface area contributed by atoms with Crippen molar-refractivity contribution in [2.24, 2.45) is 0 Å². The summed E-state index contributed by atoms with van der Waals surface area (Å²) in [5, 5.41) is 6.31. The summed E-state index contributed by atoms with van der Waals surface area (Å²) in [6.45, 7) is 2.87. The maximum atomic E-state index is 12.2. The van der Waals surface area contributed by atoms with E-state index in [1.165, 1.54) is 5.56 Å². The van der Waals surface area contributed by atoms with E-state index in [0.717, 1.165) is 18.7 Å². The Kier molecular flexibility index (Phi) is 2.82. The summed E-state index contributed by atoms with van der Waals surface area (Å²) in [6.07, 6.45) is 0. The predicted octanol–water partition coefficient (Wildman–Crippen LogP) is 0.388. The third-order valence-electron chi connectivity index (χ3n) is 3.40. The highest BCUT2D eigenvalue weighted by molar-refractivity contribution is 5.85. The number of carbonyl (C=O) groups is 1. The Morgan fingerprint density at radius 3 is 2.94 bits per heavy atom. The largest absolute Gasteiger partial charge is 0.377 e. The van der Waals surface area contributed by atoms with Crippen LogP contribution in [-0.2, 0) is 16.1 Å². The van der Waals surface area contributed by atoms with E-state index < -0.39 is 0 Å². The maximum absolute atomic E-state index is 12.2. The van der Waals surface area contributed by atoms with Crippen molar-refractivity contribution in [1.29, 1.82) is 0 Å². The fourth-order valence-electron chi connectivity index (χ4n) is 2.35. The number of benzene rings is 1. The molecule has 2 aliphatic heterocycles. The van der Waals surface area contributed by atoms with Gasteiger partial charge in [0, 0.05) is 13.1 Å². The molecule has 17 heavy (non-hydrogen) atoms. The topological polar surface area (TPSA) is 50.4 Å². The number of nitrogens with one attached hydrogen (secondary N) is 2. The van der Waals surface area contributed by atoms with E-state index in [-0.39, 0.29) is 17.9 Å². The lowest BCUT2D eigenvalue weighted by atomic mass is 9.90. The third kappa shape index (κ3) is 2.06. The molecule has 2 aliphatic rings. The summed E-state index contributed by atoms with van der Waals surface area (Å²) in [5.74, 6) is 0.0403. The van der Waals surface area contributed by atoms with Gasteiger partial charge in [0.05, 0.1) is 25.2 Å². The molecule has 0 bridgehead atoms. The summed E-state index contributed by atoms with van der Waals surface area (Å²) >= 11 is 0. The first kappa shape index (κ1) is 10.7. The van der Waals surface area contributed by atoms with Gasteiger partial charge < -0.3 is 15.4 Å². The molecule has 0 radical (unpaired) electrons. The molecule has 2 N–H and O–H groups in total. The number of fused-ring (bicyclic) bond motifs is 1. The monoisotopic (exact) mass is 232 g/mol. The second-order valence-electron chi connectivity index (χ2n) is 4.63. The maximum Gasteiger partial charge on any atom is 0.229 e. The molecule has 4 heteroatoms. The van der Waals surface area contributed by atoms with Crippen molar-refractivity contribution in [3.63, 3.8) is 0 Å². The van der Waals surface area contributed by atoms with Gasteiger partial charge in [-0.25, -0.2) is 0 Å². The molecule has 1 amide bonds. The van der Waals surface area contributed by atoms with Gasteiger partial charge in [0.25, 0.3) is 0 Å². The lowest BCUT2D eigenvalue weighted by molar-refractivity contribution is -0.126. The Balaban J connectivity index is 1.77. The molecular weight excluding hydrogens is 216 g/mol. The molecule has 4 nitrogen and oxygen atoms in total. The summed E-state index contributed by atoms with van der Waals surface area (Å²) in [6, 6.07) is 8.35. The number of carbonyl (C=O) groups excluding carboxylic acids is 1. The molecule has 1 aromatic rings. The SMILES string of the molecule is O=C(NC1COC1)C1CNCc2ccccc21. The van der Waals surface area contributed by atoms with Gasteiger partial charge in [0.1, 0.15) is 0 Å². The van der Waals surface area contributed by atoms with Crippen molar-refractivity contribution in [3.05, 3.63) is 35.4 Å². The van der Waals surface area contributed by atoms with Crippen LogP contribution < -0.4 is 10.6 Å². The number of hydrogen-bond donors (Lipinski definition) is 2. The van der Waals surface area contributed by atoms with Gasteiger partial charge in [-0.15, -0.1) is 0 Å².